The average molecular weight is 335 g/mol. The summed E-state index contributed by atoms with van der Waals surface area (Å²) in [5.41, 5.74) is 3.48. The van der Waals surface area contributed by atoms with E-state index in [2.05, 4.69) is 5.32 Å². The Bertz CT molecular complexity index is 649. The van der Waals surface area contributed by atoms with Gasteiger partial charge in [-0.05, 0) is 48.2 Å². The van der Waals surface area contributed by atoms with E-state index in [4.69, 9.17) is 0 Å². The molecule has 0 aliphatic rings. The highest BCUT2D eigenvalue weighted by Gasteiger charge is 2.12. The molecule has 0 bridgehead atoms. The molecule has 0 atom stereocenters. The van der Waals surface area contributed by atoms with Crippen LogP contribution < -0.4 is 5.32 Å². The number of amides is 1. The Morgan fingerprint density at radius 3 is 2.09 bits per heavy atom. The lowest BCUT2D eigenvalue weighted by Gasteiger charge is -2.14. The van der Waals surface area contributed by atoms with Crippen molar-refractivity contribution >= 4 is 23.4 Å². The lowest BCUT2D eigenvalue weighted by Crippen LogP contribution is -2.14. The molecule has 0 unspecified atom stereocenters. The number of anilines is 1. The Balaban J connectivity index is 2.19. The number of nitrogens with one attached hydrogen (secondary N) is 1. The van der Waals surface area contributed by atoms with E-state index in [1.807, 2.05) is 32.0 Å². The minimum absolute atomic E-state index is 0.228. The van der Waals surface area contributed by atoms with Crippen LogP contribution in [0.5, 0.6) is 0 Å². The van der Waals surface area contributed by atoms with Crippen LogP contribution in [0.2, 0.25) is 0 Å². The lowest BCUT2D eigenvalue weighted by atomic mass is 10.0. The zero-order chi connectivity index (χ0) is 16.8. The van der Waals surface area contributed by atoms with Crippen LogP contribution in [0.4, 0.5) is 14.5 Å². The topological polar surface area (TPSA) is 29.1 Å². The standard InChI is InChI=1S/C18H19F2NOS/c1-3-12-6-5-7-13(4-2)16(12)21-17(22)14-8-10-15(11-9-14)23-18(19)20/h5-11,18H,3-4H2,1-2H3,(H,21,22). The summed E-state index contributed by atoms with van der Waals surface area (Å²) in [6.45, 7) is 4.08. The second kappa shape index (κ2) is 8.11. The molecule has 0 aliphatic heterocycles. The number of hydrogen-bond acceptors (Lipinski definition) is 2. The van der Waals surface area contributed by atoms with Crippen LogP contribution in [0.15, 0.2) is 47.4 Å². The molecule has 2 nitrogen and oxygen atoms in total. The third-order valence-electron chi connectivity index (χ3n) is 3.58. The van der Waals surface area contributed by atoms with E-state index in [1.165, 1.54) is 12.1 Å². The van der Waals surface area contributed by atoms with Gasteiger partial charge in [0.1, 0.15) is 0 Å². The largest absolute Gasteiger partial charge is 0.321 e. The molecular formula is C18H19F2NOS. The summed E-state index contributed by atoms with van der Waals surface area (Å²) in [6, 6.07) is 12.2. The van der Waals surface area contributed by atoms with Crippen molar-refractivity contribution in [3.05, 3.63) is 59.2 Å². The summed E-state index contributed by atoms with van der Waals surface area (Å²) in [5, 5.41) is 2.96. The first-order valence-corrected chi connectivity index (χ1v) is 8.40. The maximum Gasteiger partial charge on any atom is 0.288 e. The van der Waals surface area contributed by atoms with Crippen molar-refractivity contribution in [2.24, 2.45) is 0 Å². The quantitative estimate of drug-likeness (QED) is 0.718. The molecule has 5 heteroatoms. The third kappa shape index (κ3) is 4.55. The van der Waals surface area contributed by atoms with Crippen molar-refractivity contribution in [2.45, 2.75) is 37.3 Å². The highest BCUT2D eigenvalue weighted by Crippen LogP contribution is 2.26. The van der Waals surface area contributed by atoms with E-state index in [0.717, 1.165) is 29.7 Å². The van der Waals surface area contributed by atoms with E-state index in [0.29, 0.717) is 22.2 Å². The van der Waals surface area contributed by atoms with E-state index in [-0.39, 0.29) is 5.91 Å². The number of carbonyl (C=O) groups excluding carboxylic acids is 1. The molecule has 0 saturated carbocycles. The number of thioether (sulfide) groups is 1. The van der Waals surface area contributed by atoms with Crippen molar-refractivity contribution < 1.29 is 13.6 Å². The number of halogens is 2. The third-order valence-corrected chi connectivity index (χ3v) is 4.30. The smallest absolute Gasteiger partial charge is 0.288 e. The molecule has 1 N–H and O–H groups in total. The molecule has 2 rings (SSSR count). The number of rotatable bonds is 6. The maximum atomic E-state index is 12.4. The first-order valence-electron chi connectivity index (χ1n) is 7.52. The molecule has 0 saturated heterocycles. The van der Waals surface area contributed by atoms with Crippen LogP contribution in [0.3, 0.4) is 0 Å². The monoisotopic (exact) mass is 335 g/mol. The molecule has 0 fully saturated rings. The molecule has 0 heterocycles. The van der Waals surface area contributed by atoms with Crippen molar-refractivity contribution in [3.8, 4) is 0 Å². The minimum Gasteiger partial charge on any atom is -0.321 e. The average Bonchev–Trinajstić information content (AvgIpc) is 2.55. The van der Waals surface area contributed by atoms with Gasteiger partial charge < -0.3 is 5.32 Å². The molecule has 1 amide bonds. The van der Waals surface area contributed by atoms with Gasteiger partial charge >= 0.3 is 0 Å². The first kappa shape index (κ1) is 17.5. The van der Waals surface area contributed by atoms with Gasteiger partial charge in [0.05, 0.1) is 0 Å². The summed E-state index contributed by atoms with van der Waals surface area (Å²) in [7, 11) is 0. The molecule has 23 heavy (non-hydrogen) atoms. The second-order valence-electron chi connectivity index (χ2n) is 5.02. The fourth-order valence-corrected chi connectivity index (χ4v) is 2.88. The summed E-state index contributed by atoms with van der Waals surface area (Å²) in [6.07, 6.45) is 1.65. The van der Waals surface area contributed by atoms with Crippen LogP contribution >= 0.6 is 11.8 Å². The molecule has 0 spiro atoms. The molecule has 0 radical (unpaired) electrons. The fraction of sp³-hybridized carbons (Fsp3) is 0.278. The maximum absolute atomic E-state index is 12.4. The van der Waals surface area contributed by atoms with Gasteiger partial charge in [-0.3, -0.25) is 4.79 Å². The summed E-state index contributed by atoms with van der Waals surface area (Å²) in [5.74, 6) is -2.69. The summed E-state index contributed by atoms with van der Waals surface area (Å²) >= 11 is 0.470. The van der Waals surface area contributed by atoms with E-state index in [1.54, 1.807) is 12.1 Å². The number of carbonyl (C=O) groups is 1. The molecule has 0 aliphatic carbocycles. The van der Waals surface area contributed by atoms with Crippen LogP contribution in [-0.2, 0) is 12.8 Å². The fourth-order valence-electron chi connectivity index (χ4n) is 2.38. The number of para-hydroxylation sites is 1. The SMILES string of the molecule is CCc1cccc(CC)c1NC(=O)c1ccc(SC(F)F)cc1. The Hall–Kier alpha value is -1.88. The van der Waals surface area contributed by atoms with Crippen LogP contribution in [0, 0.1) is 0 Å². The van der Waals surface area contributed by atoms with E-state index >= 15 is 0 Å². The normalized spacial score (nSPS) is 10.8. The zero-order valence-corrected chi connectivity index (χ0v) is 13.9. The van der Waals surface area contributed by atoms with Crippen molar-refractivity contribution in [1.29, 1.82) is 0 Å². The molecule has 2 aromatic rings. The Kier molecular flexibility index (Phi) is 6.16. The van der Waals surface area contributed by atoms with Gasteiger partial charge in [-0.1, -0.05) is 43.8 Å². The lowest BCUT2D eigenvalue weighted by molar-refractivity contribution is 0.102. The van der Waals surface area contributed by atoms with Crippen LogP contribution in [0.25, 0.3) is 0 Å². The van der Waals surface area contributed by atoms with Gasteiger partial charge in [-0.15, -0.1) is 0 Å². The number of benzene rings is 2. The van der Waals surface area contributed by atoms with Crippen molar-refractivity contribution in [3.63, 3.8) is 0 Å². The molecule has 122 valence electrons. The van der Waals surface area contributed by atoms with Crippen molar-refractivity contribution in [2.75, 3.05) is 5.32 Å². The van der Waals surface area contributed by atoms with Gasteiger partial charge in [0.15, 0.2) is 0 Å². The Labute approximate surface area is 139 Å². The van der Waals surface area contributed by atoms with E-state index in [9.17, 15) is 13.6 Å². The predicted octanol–water partition coefficient (Wildman–Crippen LogP) is 5.38. The van der Waals surface area contributed by atoms with Crippen LogP contribution in [0.1, 0.15) is 35.3 Å². The van der Waals surface area contributed by atoms with E-state index < -0.39 is 5.76 Å². The van der Waals surface area contributed by atoms with Gasteiger partial charge in [0.2, 0.25) is 0 Å². The van der Waals surface area contributed by atoms with Gasteiger partial charge in [-0.25, -0.2) is 0 Å². The molecular weight excluding hydrogens is 316 g/mol. The predicted molar refractivity (Wildman–Crippen MR) is 91.5 cm³/mol. The Morgan fingerprint density at radius 2 is 1.61 bits per heavy atom. The minimum atomic E-state index is -2.46. The van der Waals surface area contributed by atoms with Crippen LogP contribution in [-0.4, -0.2) is 11.7 Å². The zero-order valence-electron chi connectivity index (χ0n) is 13.1. The Morgan fingerprint density at radius 1 is 1.04 bits per heavy atom. The van der Waals surface area contributed by atoms with Gasteiger partial charge in [0.25, 0.3) is 11.7 Å². The molecule has 2 aromatic carbocycles. The number of aryl methyl sites for hydroxylation is 2. The highest BCUT2D eigenvalue weighted by atomic mass is 32.2. The van der Waals surface area contributed by atoms with Crippen molar-refractivity contribution in [1.82, 2.24) is 0 Å². The highest BCUT2D eigenvalue weighted by molar-refractivity contribution is 7.99. The number of hydrogen-bond donors (Lipinski definition) is 1. The summed E-state index contributed by atoms with van der Waals surface area (Å²) in [4.78, 5) is 12.9. The van der Waals surface area contributed by atoms with Gasteiger partial charge in [-0.2, -0.15) is 8.78 Å². The second-order valence-corrected chi connectivity index (χ2v) is 6.08. The number of alkyl halides is 2. The van der Waals surface area contributed by atoms with Gasteiger partial charge in [0, 0.05) is 16.1 Å². The first-order chi connectivity index (χ1) is 11.0. The summed E-state index contributed by atoms with van der Waals surface area (Å²) < 4.78 is 24.6. The molecule has 0 aromatic heterocycles.